The molecule has 102 valence electrons. The highest BCUT2D eigenvalue weighted by Crippen LogP contribution is 2.42. The molecule has 0 aromatic carbocycles. The van der Waals surface area contributed by atoms with Crippen LogP contribution >= 0.6 is 0 Å². The number of fused-ring (bicyclic) bond motifs is 1. The van der Waals surface area contributed by atoms with E-state index in [1.54, 1.807) is 0 Å². The quantitative estimate of drug-likeness (QED) is 0.848. The summed E-state index contributed by atoms with van der Waals surface area (Å²) in [6, 6.07) is 2.66. The first-order valence-corrected chi connectivity index (χ1v) is 6.99. The van der Waals surface area contributed by atoms with Gasteiger partial charge < -0.3 is 9.73 Å². The highest BCUT2D eigenvalue weighted by molar-refractivity contribution is 5.29. The minimum absolute atomic E-state index is 0.320. The molecule has 0 saturated carbocycles. The van der Waals surface area contributed by atoms with Gasteiger partial charge in [0.1, 0.15) is 11.5 Å². The van der Waals surface area contributed by atoms with E-state index in [-0.39, 0.29) is 0 Å². The molecule has 0 fully saturated rings. The molecule has 0 amide bonds. The topological polar surface area (TPSA) is 25.2 Å². The maximum absolute atomic E-state index is 5.86. The average molecular weight is 249 g/mol. The van der Waals surface area contributed by atoms with Crippen molar-refractivity contribution in [1.29, 1.82) is 0 Å². The minimum atomic E-state index is 0.320. The summed E-state index contributed by atoms with van der Waals surface area (Å²) in [5.41, 5.74) is 2.03. The minimum Gasteiger partial charge on any atom is -0.466 e. The molecule has 2 nitrogen and oxygen atoms in total. The van der Waals surface area contributed by atoms with Crippen LogP contribution in [0.3, 0.4) is 0 Å². The molecule has 18 heavy (non-hydrogen) atoms. The molecule has 0 bridgehead atoms. The molecule has 1 heterocycles. The van der Waals surface area contributed by atoms with Gasteiger partial charge in [-0.2, -0.15) is 0 Å². The van der Waals surface area contributed by atoms with Crippen molar-refractivity contribution in [3.8, 4) is 0 Å². The van der Waals surface area contributed by atoms with Crippen LogP contribution in [0.25, 0.3) is 0 Å². The predicted molar refractivity (Wildman–Crippen MR) is 75.7 cm³/mol. The van der Waals surface area contributed by atoms with Gasteiger partial charge in [0, 0.05) is 24.6 Å². The Morgan fingerprint density at radius 3 is 2.67 bits per heavy atom. The van der Waals surface area contributed by atoms with E-state index in [9.17, 15) is 0 Å². The third-order valence-corrected chi connectivity index (χ3v) is 3.61. The van der Waals surface area contributed by atoms with Crippen LogP contribution in [0.2, 0.25) is 0 Å². The molecule has 1 aromatic rings. The molecule has 1 unspecified atom stereocenters. The molecule has 0 radical (unpaired) electrons. The van der Waals surface area contributed by atoms with Gasteiger partial charge in [0.05, 0.1) is 0 Å². The largest absolute Gasteiger partial charge is 0.466 e. The van der Waals surface area contributed by atoms with Crippen LogP contribution in [0.5, 0.6) is 0 Å². The molecule has 1 aliphatic carbocycles. The summed E-state index contributed by atoms with van der Waals surface area (Å²) in [6.45, 7) is 14.6. The molecule has 1 aromatic heterocycles. The Balaban J connectivity index is 2.19. The number of nitrogens with one attached hydrogen (secondary N) is 1. The number of rotatable bonds is 2. The van der Waals surface area contributed by atoms with Crippen LogP contribution in [-0.4, -0.2) is 6.54 Å². The van der Waals surface area contributed by atoms with E-state index in [2.05, 4.69) is 46.0 Å². The van der Waals surface area contributed by atoms with E-state index in [1.165, 1.54) is 17.7 Å². The van der Waals surface area contributed by atoms with Crippen molar-refractivity contribution in [3.05, 3.63) is 23.2 Å². The SMILES string of the molecule is Cc1cc2c(o1)CC(C)(C)CC2NCC(C)(C)C. The number of furan rings is 1. The second-order valence-corrected chi connectivity index (χ2v) is 7.77. The van der Waals surface area contributed by atoms with Crippen molar-refractivity contribution in [2.45, 2.75) is 60.4 Å². The molecule has 0 spiro atoms. The Morgan fingerprint density at radius 1 is 1.39 bits per heavy atom. The van der Waals surface area contributed by atoms with Gasteiger partial charge in [0.15, 0.2) is 0 Å². The molecule has 0 aliphatic heterocycles. The lowest BCUT2D eigenvalue weighted by molar-refractivity contribution is 0.221. The zero-order chi connectivity index (χ0) is 13.6. The second kappa shape index (κ2) is 4.41. The van der Waals surface area contributed by atoms with Gasteiger partial charge >= 0.3 is 0 Å². The molecule has 1 N–H and O–H groups in total. The zero-order valence-corrected chi connectivity index (χ0v) is 12.7. The summed E-state index contributed by atoms with van der Waals surface area (Å²) >= 11 is 0. The summed E-state index contributed by atoms with van der Waals surface area (Å²) in [5.74, 6) is 2.23. The Labute approximate surface area is 111 Å². The van der Waals surface area contributed by atoms with Crippen molar-refractivity contribution in [2.24, 2.45) is 10.8 Å². The van der Waals surface area contributed by atoms with E-state index < -0.39 is 0 Å². The van der Waals surface area contributed by atoms with Crippen LogP contribution < -0.4 is 5.32 Å². The van der Waals surface area contributed by atoms with Gasteiger partial charge in [0.25, 0.3) is 0 Å². The summed E-state index contributed by atoms with van der Waals surface area (Å²) < 4.78 is 5.86. The summed E-state index contributed by atoms with van der Waals surface area (Å²) in [5, 5.41) is 3.73. The van der Waals surface area contributed by atoms with Gasteiger partial charge in [0.2, 0.25) is 0 Å². The highest BCUT2D eigenvalue weighted by Gasteiger charge is 2.34. The van der Waals surface area contributed by atoms with Crippen LogP contribution in [0.1, 0.15) is 64.2 Å². The van der Waals surface area contributed by atoms with E-state index in [4.69, 9.17) is 4.42 Å². The Morgan fingerprint density at radius 2 is 2.06 bits per heavy atom. The van der Waals surface area contributed by atoms with Crippen LogP contribution in [0, 0.1) is 17.8 Å². The third-order valence-electron chi connectivity index (χ3n) is 3.61. The zero-order valence-electron chi connectivity index (χ0n) is 12.7. The second-order valence-electron chi connectivity index (χ2n) is 7.77. The summed E-state index contributed by atoms with van der Waals surface area (Å²) in [7, 11) is 0. The van der Waals surface area contributed by atoms with Crippen molar-refractivity contribution in [3.63, 3.8) is 0 Å². The van der Waals surface area contributed by atoms with Crippen molar-refractivity contribution >= 4 is 0 Å². The average Bonchev–Trinajstić information content (AvgIpc) is 2.51. The Kier molecular flexibility index (Phi) is 3.35. The van der Waals surface area contributed by atoms with Gasteiger partial charge in [-0.05, 0) is 30.2 Å². The molecule has 0 saturated heterocycles. The van der Waals surface area contributed by atoms with Gasteiger partial charge in [-0.15, -0.1) is 0 Å². The smallest absolute Gasteiger partial charge is 0.109 e. The third kappa shape index (κ3) is 3.17. The first-order chi connectivity index (χ1) is 8.16. The van der Waals surface area contributed by atoms with Gasteiger partial charge in [-0.3, -0.25) is 0 Å². The summed E-state index contributed by atoms with van der Waals surface area (Å²) in [4.78, 5) is 0. The lowest BCUT2D eigenvalue weighted by Crippen LogP contribution is -2.36. The fraction of sp³-hybridized carbons (Fsp3) is 0.750. The highest BCUT2D eigenvalue weighted by atomic mass is 16.3. The fourth-order valence-corrected chi connectivity index (χ4v) is 2.80. The van der Waals surface area contributed by atoms with E-state index in [0.29, 0.717) is 16.9 Å². The number of aryl methyl sites for hydroxylation is 1. The first-order valence-electron chi connectivity index (χ1n) is 6.99. The Bertz CT molecular complexity index is 423. The monoisotopic (exact) mass is 249 g/mol. The van der Waals surface area contributed by atoms with Crippen LogP contribution in [0.4, 0.5) is 0 Å². The van der Waals surface area contributed by atoms with E-state index in [0.717, 1.165) is 18.7 Å². The number of hydrogen-bond donors (Lipinski definition) is 1. The lowest BCUT2D eigenvalue weighted by atomic mass is 9.74. The molecular formula is C16H27NO. The maximum Gasteiger partial charge on any atom is 0.109 e. The number of hydrogen-bond acceptors (Lipinski definition) is 2. The first kappa shape index (κ1) is 13.7. The van der Waals surface area contributed by atoms with E-state index >= 15 is 0 Å². The van der Waals surface area contributed by atoms with Crippen molar-refractivity contribution in [2.75, 3.05) is 6.54 Å². The Hall–Kier alpha value is -0.760. The van der Waals surface area contributed by atoms with E-state index in [1.807, 2.05) is 6.92 Å². The molecule has 2 heteroatoms. The molecule has 1 atom stereocenters. The standard InChI is InChI=1S/C16H27NO/c1-11-7-12-13(17-10-15(2,3)4)8-16(5,6)9-14(12)18-11/h7,13,17H,8-10H2,1-6H3. The molecule has 1 aliphatic rings. The maximum atomic E-state index is 5.86. The van der Waals surface area contributed by atoms with Gasteiger partial charge in [-0.25, -0.2) is 0 Å². The predicted octanol–water partition coefficient (Wildman–Crippen LogP) is 4.24. The molecular weight excluding hydrogens is 222 g/mol. The summed E-state index contributed by atoms with van der Waals surface area (Å²) in [6.07, 6.45) is 2.25. The van der Waals surface area contributed by atoms with Crippen LogP contribution in [-0.2, 0) is 6.42 Å². The normalized spacial score (nSPS) is 22.9. The van der Waals surface area contributed by atoms with Crippen molar-refractivity contribution in [1.82, 2.24) is 5.32 Å². The van der Waals surface area contributed by atoms with Crippen molar-refractivity contribution < 1.29 is 4.42 Å². The van der Waals surface area contributed by atoms with Gasteiger partial charge in [-0.1, -0.05) is 34.6 Å². The lowest BCUT2D eigenvalue weighted by Gasteiger charge is -2.36. The van der Waals surface area contributed by atoms with Crippen LogP contribution in [0.15, 0.2) is 10.5 Å². The molecule has 2 rings (SSSR count). The fourth-order valence-electron chi connectivity index (χ4n) is 2.80.